The number of anilines is 1. The second-order valence-corrected chi connectivity index (χ2v) is 9.01. The zero-order valence-electron chi connectivity index (χ0n) is 15.5. The largest absolute Gasteiger partial charge is 0.383 e. The van der Waals surface area contributed by atoms with Gasteiger partial charge in [-0.25, -0.2) is 9.97 Å². The van der Waals surface area contributed by atoms with E-state index in [2.05, 4.69) is 40.7 Å². The van der Waals surface area contributed by atoms with Gasteiger partial charge in [-0.15, -0.1) is 0 Å². The van der Waals surface area contributed by atoms with E-state index in [4.69, 9.17) is 10.5 Å². The number of nitrogen functional groups attached to an aromatic ring is 1. The lowest BCUT2D eigenvalue weighted by Crippen LogP contribution is -2.52. The van der Waals surface area contributed by atoms with E-state index in [0.717, 1.165) is 48.0 Å². The van der Waals surface area contributed by atoms with Gasteiger partial charge in [0.05, 0.1) is 11.5 Å². The van der Waals surface area contributed by atoms with Crippen molar-refractivity contribution >= 4 is 32.8 Å². The zero-order valence-corrected chi connectivity index (χ0v) is 17.1. The van der Waals surface area contributed by atoms with Crippen LogP contribution >= 0.6 is 15.9 Å². The number of nitrogens with two attached hydrogens (primary N) is 1. The van der Waals surface area contributed by atoms with Crippen LogP contribution in [0.1, 0.15) is 44.8 Å². The van der Waals surface area contributed by atoms with Crippen LogP contribution in [0.4, 0.5) is 5.82 Å². The molecule has 2 aromatic heterocycles. The summed E-state index contributed by atoms with van der Waals surface area (Å²) < 4.78 is 9.53. The number of hydrogen-bond acceptors (Lipinski definition) is 6. The van der Waals surface area contributed by atoms with Crippen LogP contribution in [-0.4, -0.2) is 57.3 Å². The number of halogens is 1. The van der Waals surface area contributed by atoms with Crippen LogP contribution in [0.25, 0.3) is 11.0 Å². The second kappa shape index (κ2) is 6.99. The van der Waals surface area contributed by atoms with Gasteiger partial charge in [0.25, 0.3) is 0 Å². The van der Waals surface area contributed by atoms with Crippen LogP contribution in [0.15, 0.2) is 17.0 Å². The molecular formula is C19H27BrN6O. The first-order valence-corrected chi connectivity index (χ1v) is 10.8. The Bertz CT molecular complexity index is 833. The van der Waals surface area contributed by atoms with E-state index in [1.165, 1.54) is 38.6 Å². The Morgan fingerprint density at radius 3 is 2.96 bits per heavy atom. The maximum atomic E-state index is 6.49. The van der Waals surface area contributed by atoms with Gasteiger partial charge in [-0.05, 0) is 74.1 Å². The Morgan fingerprint density at radius 2 is 2.11 bits per heavy atom. The minimum atomic E-state index is 0.0182. The highest BCUT2D eigenvalue weighted by Gasteiger charge is 2.43. The molecule has 2 unspecified atom stereocenters. The summed E-state index contributed by atoms with van der Waals surface area (Å²) in [5.41, 5.74) is 7.30. The molecule has 0 bridgehead atoms. The summed E-state index contributed by atoms with van der Waals surface area (Å²) in [7, 11) is 0. The molecule has 0 saturated carbocycles. The number of fused-ring (bicyclic) bond motifs is 1. The Balaban J connectivity index is 1.32. The van der Waals surface area contributed by atoms with E-state index in [1.54, 1.807) is 0 Å². The highest BCUT2D eigenvalue weighted by Crippen LogP contribution is 2.40. The fraction of sp³-hybridized carbons (Fsp3) is 0.684. The summed E-state index contributed by atoms with van der Waals surface area (Å²) >= 11 is 3.60. The SMILES string of the molecule is Nc1ncnc2c1c(Br)cn2C1CCC(CN2CCCC23CCNCC3)O1. The van der Waals surface area contributed by atoms with Gasteiger partial charge in [0.2, 0.25) is 0 Å². The molecule has 0 amide bonds. The Hall–Kier alpha value is -1.22. The van der Waals surface area contributed by atoms with Crippen molar-refractivity contribution < 1.29 is 4.74 Å². The Kier molecular flexibility index (Phi) is 4.62. The van der Waals surface area contributed by atoms with Crippen molar-refractivity contribution in [1.82, 2.24) is 24.8 Å². The summed E-state index contributed by atoms with van der Waals surface area (Å²) in [5, 5.41) is 4.39. The number of ether oxygens (including phenoxy) is 1. The third-order valence-electron chi connectivity index (χ3n) is 6.69. The molecule has 7 nitrogen and oxygen atoms in total. The fourth-order valence-corrected chi connectivity index (χ4v) is 5.89. The van der Waals surface area contributed by atoms with Crippen molar-refractivity contribution in [2.24, 2.45) is 0 Å². The van der Waals surface area contributed by atoms with Gasteiger partial charge in [0.1, 0.15) is 24.0 Å². The molecule has 2 aromatic rings. The number of rotatable bonds is 3. The van der Waals surface area contributed by atoms with Gasteiger partial charge >= 0.3 is 0 Å². The summed E-state index contributed by atoms with van der Waals surface area (Å²) in [4.78, 5) is 11.3. The third kappa shape index (κ3) is 3.06. The summed E-state index contributed by atoms with van der Waals surface area (Å²) in [5.74, 6) is 0.505. The average molecular weight is 435 g/mol. The third-order valence-corrected chi connectivity index (χ3v) is 7.29. The molecule has 0 aromatic carbocycles. The molecule has 3 fully saturated rings. The van der Waals surface area contributed by atoms with Gasteiger partial charge < -0.3 is 20.4 Å². The van der Waals surface area contributed by atoms with Crippen LogP contribution in [0.5, 0.6) is 0 Å². The molecule has 5 rings (SSSR count). The topological polar surface area (TPSA) is 81.2 Å². The van der Waals surface area contributed by atoms with Gasteiger partial charge in [-0.1, -0.05) is 0 Å². The fourth-order valence-electron chi connectivity index (χ4n) is 5.29. The van der Waals surface area contributed by atoms with E-state index in [-0.39, 0.29) is 12.3 Å². The molecule has 1 spiro atoms. The van der Waals surface area contributed by atoms with Gasteiger partial charge in [0.15, 0.2) is 0 Å². The van der Waals surface area contributed by atoms with Crippen LogP contribution in [0.3, 0.4) is 0 Å². The molecular weight excluding hydrogens is 408 g/mol. The lowest BCUT2D eigenvalue weighted by Gasteiger charge is -2.42. The molecule has 5 heterocycles. The normalized spacial score (nSPS) is 28.5. The number of likely N-dealkylation sites (tertiary alicyclic amines) is 1. The standard InChI is InChI=1S/C19H27BrN6O/c20-14-11-26(18-16(14)17(21)23-12-24-18)15-3-2-13(27-15)10-25-9-1-4-19(25)5-7-22-8-6-19/h11-13,15,22H,1-10H2,(H2,21,23,24). The average Bonchev–Trinajstić information content (AvgIpc) is 3.36. The van der Waals surface area contributed by atoms with E-state index >= 15 is 0 Å². The molecule has 3 N–H and O–H groups in total. The molecule has 27 heavy (non-hydrogen) atoms. The lowest BCUT2D eigenvalue weighted by molar-refractivity contribution is -0.0277. The first-order chi connectivity index (χ1) is 13.2. The molecule has 0 aliphatic carbocycles. The van der Waals surface area contributed by atoms with Crippen LogP contribution in [0, 0.1) is 0 Å². The molecule has 146 valence electrons. The predicted molar refractivity (Wildman–Crippen MR) is 108 cm³/mol. The van der Waals surface area contributed by atoms with E-state index in [1.807, 2.05) is 6.20 Å². The number of aromatic nitrogens is 3. The smallest absolute Gasteiger partial charge is 0.148 e. The highest BCUT2D eigenvalue weighted by atomic mass is 79.9. The van der Waals surface area contributed by atoms with Crippen LogP contribution in [-0.2, 0) is 4.74 Å². The van der Waals surface area contributed by atoms with Crippen molar-refractivity contribution in [1.29, 1.82) is 0 Å². The van der Waals surface area contributed by atoms with Gasteiger partial charge in [0, 0.05) is 22.8 Å². The first kappa shape index (κ1) is 17.8. The molecule has 3 aliphatic rings. The van der Waals surface area contributed by atoms with Crippen molar-refractivity contribution in [3.05, 3.63) is 17.0 Å². The summed E-state index contributed by atoms with van der Waals surface area (Å²) in [6, 6.07) is 0. The van der Waals surface area contributed by atoms with Crippen LogP contribution in [0.2, 0.25) is 0 Å². The minimum absolute atomic E-state index is 0.0182. The van der Waals surface area contributed by atoms with E-state index in [0.29, 0.717) is 11.4 Å². The quantitative estimate of drug-likeness (QED) is 0.772. The zero-order chi connectivity index (χ0) is 18.4. The Labute approximate surface area is 167 Å². The van der Waals surface area contributed by atoms with E-state index in [9.17, 15) is 0 Å². The first-order valence-electron chi connectivity index (χ1n) is 10.0. The molecule has 0 radical (unpaired) electrons. The van der Waals surface area contributed by atoms with Crippen molar-refractivity contribution in [2.45, 2.75) is 56.4 Å². The van der Waals surface area contributed by atoms with Crippen molar-refractivity contribution in [3.8, 4) is 0 Å². The monoisotopic (exact) mass is 434 g/mol. The molecule has 3 saturated heterocycles. The number of hydrogen-bond donors (Lipinski definition) is 2. The molecule has 2 atom stereocenters. The second-order valence-electron chi connectivity index (χ2n) is 8.16. The van der Waals surface area contributed by atoms with Crippen molar-refractivity contribution in [3.63, 3.8) is 0 Å². The maximum absolute atomic E-state index is 6.49. The van der Waals surface area contributed by atoms with Gasteiger partial charge in [-0.3, -0.25) is 4.90 Å². The minimum Gasteiger partial charge on any atom is -0.383 e. The highest BCUT2D eigenvalue weighted by molar-refractivity contribution is 9.10. The molecule has 8 heteroatoms. The van der Waals surface area contributed by atoms with Gasteiger partial charge in [-0.2, -0.15) is 0 Å². The maximum Gasteiger partial charge on any atom is 0.148 e. The van der Waals surface area contributed by atoms with Crippen LogP contribution < -0.4 is 11.1 Å². The predicted octanol–water partition coefficient (Wildman–Crippen LogP) is 2.67. The van der Waals surface area contributed by atoms with Crippen molar-refractivity contribution in [2.75, 3.05) is 31.9 Å². The number of nitrogens with zero attached hydrogens (tertiary/aromatic N) is 4. The number of nitrogens with one attached hydrogen (secondary N) is 1. The lowest BCUT2D eigenvalue weighted by atomic mass is 9.85. The molecule has 3 aliphatic heterocycles. The van der Waals surface area contributed by atoms with E-state index < -0.39 is 0 Å². The summed E-state index contributed by atoms with van der Waals surface area (Å²) in [6.45, 7) is 4.56. The number of piperidine rings is 1. The Morgan fingerprint density at radius 1 is 1.26 bits per heavy atom. The summed E-state index contributed by atoms with van der Waals surface area (Å²) in [6.07, 6.45) is 11.2.